The molecule has 0 aromatic rings. The van der Waals surface area contributed by atoms with E-state index in [9.17, 15) is 20.2 Å². The molecule has 0 aliphatic carbocycles. The highest BCUT2D eigenvalue weighted by Crippen LogP contribution is 2.14. The largest absolute Gasteiger partial charge is 0.472 e. The summed E-state index contributed by atoms with van der Waals surface area (Å²) in [6.07, 6.45) is 0.634. The first-order chi connectivity index (χ1) is 7.02. The summed E-state index contributed by atoms with van der Waals surface area (Å²) in [5.41, 5.74) is -0.561. The van der Waals surface area contributed by atoms with Crippen molar-refractivity contribution < 1.29 is 14.6 Å². The fourth-order valence-electron chi connectivity index (χ4n) is 0.900. The van der Waals surface area contributed by atoms with Crippen molar-refractivity contribution in [1.82, 2.24) is 5.32 Å². The van der Waals surface area contributed by atoms with Gasteiger partial charge < -0.3 is 10.1 Å². The molecule has 1 aliphatic rings. The first-order valence-corrected chi connectivity index (χ1v) is 4.17. The first-order valence-electron chi connectivity index (χ1n) is 3.79. The molecule has 1 N–H and O–H groups in total. The number of halogens is 1. The highest BCUT2D eigenvalue weighted by Gasteiger charge is 2.24. The molecule has 0 unspecified atom stereocenters. The van der Waals surface area contributed by atoms with Crippen molar-refractivity contribution >= 4 is 11.6 Å². The Morgan fingerprint density at radius 2 is 2.13 bits per heavy atom. The summed E-state index contributed by atoms with van der Waals surface area (Å²) in [5.74, 6) is -0.111. The van der Waals surface area contributed by atoms with E-state index in [-0.39, 0.29) is 12.5 Å². The lowest BCUT2D eigenvalue weighted by atomic mass is 10.4. The van der Waals surface area contributed by atoms with Gasteiger partial charge in [0.05, 0.1) is 16.4 Å². The van der Waals surface area contributed by atoms with Gasteiger partial charge in [0, 0.05) is 0 Å². The van der Waals surface area contributed by atoms with Gasteiger partial charge in [-0.15, -0.1) is 0 Å². The molecule has 1 fully saturated rings. The monoisotopic (exact) mass is 235 g/mol. The Morgan fingerprint density at radius 3 is 2.53 bits per heavy atom. The summed E-state index contributed by atoms with van der Waals surface area (Å²) in [6, 6.07) is 0. The molecule has 8 nitrogen and oxygen atoms in total. The van der Waals surface area contributed by atoms with Crippen LogP contribution in [0.3, 0.4) is 0 Å². The number of nitrogens with zero attached hydrogens (tertiary/aromatic N) is 2. The van der Waals surface area contributed by atoms with Gasteiger partial charge in [-0.2, -0.15) is 0 Å². The summed E-state index contributed by atoms with van der Waals surface area (Å²) < 4.78 is 4.86. The van der Waals surface area contributed by atoms with Gasteiger partial charge in [-0.25, -0.2) is 0 Å². The Balaban J connectivity index is 3.04. The van der Waals surface area contributed by atoms with E-state index in [1.807, 2.05) is 0 Å². The minimum absolute atomic E-state index is 0.111. The second-order valence-electron chi connectivity index (χ2n) is 2.47. The van der Waals surface area contributed by atoms with Crippen LogP contribution in [0, 0.1) is 20.2 Å². The predicted molar refractivity (Wildman–Crippen MR) is 48.9 cm³/mol. The van der Waals surface area contributed by atoms with E-state index in [1.54, 1.807) is 0 Å². The summed E-state index contributed by atoms with van der Waals surface area (Å²) in [4.78, 5) is 19.0. The number of rotatable bonds is 3. The molecule has 0 bridgehead atoms. The van der Waals surface area contributed by atoms with Crippen LogP contribution in [-0.4, -0.2) is 23.0 Å². The van der Waals surface area contributed by atoms with Gasteiger partial charge in [0.2, 0.25) is 0 Å². The van der Waals surface area contributed by atoms with Crippen LogP contribution in [-0.2, 0) is 4.74 Å². The number of allylic oxidation sites excluding steroid dienone is 1. The maximum atomic E-state index is 10.5. The molecule has 1 rings (SSSR count). The van der Waals surface area contributed by atoms with Crippen LogP contribution in [0.5, 0.6) is 0 Å². The molecule has 1 saturated heterocycles. The van der Waals surface area contributed by atoms with Gasteiger partial charge in [0.25, 0.3) is 5.88 Å². The van der Waals surface area contributed by atoms with E-state index in [1.165, 1.54) is 0 Å². The second-order valence-corrected chi connectivity index (χ2v) is 2.86. The van der Waals surface area contributed by atoms with Crippen LogP contribution < -0.4 is 5.32 Å². The van der Waals surface area contributed by atoms with Crippen molar-refractivity contribution in [2.45, 2.75) is 0 Å². The molecule has 1 heterocycles. The van der Waals surface area contributed by atoms with Gasteiger partial charge in [-0.05, 0) is 11.6 Å². The fourth-order valence-corrected chi connectivity index (χ4v) is 1.00. The molecular weight excluding hydrogens is 230 g/mol. The highest BCUT2D eigenvalue weighted by molar-refractivity contribution is 6.28. The van der Waals surface area contributed by atoms with Gasteiger partial charge in [-0.3, -0.25) is 20.2 Å². The summed E-state index contributed by atoms with van der Waals surface area (Å²) in [7, 11) is 0. The lowest BCUT2D eigenvalue weighted by Crippen LogP contribution is -2.12. The van der Waals surface area contributed by atoms with Gasteiger partial charge in [0.1, 0.15) is 12.7 Å². The molecule has 0 amide bonds. The molecule has 0 aromatic heterocycles. The zero-order valence-corrected chi connectivity index (χ0v) is 8.06. The number of hydrogen-bond acceptors (Lipinski definition) is 6. The SMILES string of the molecule is O=[N+]([O-])C(Cl)=CC(=C1NCCO1)[N+](=O)[O-]. The fraction of sp³-hybridized carbons (Fsp3) is 0.333. The molecule has 0 saturated carbocycles. The van der Waals surface area contributed by atoms with Crippen molar-refractivity contribution in [2.24, 2.45) is 0 Å². The Morgan fingerprint density at radius 1 is 1.47 bits per heavy atom. The number of ether oxygens (including phenoxy) is 1. The Bertz CT molecular complexity index is 356. The topological polar surface area (TPSA) is 108 Å². The first kappa shape index (κ1) is 11.2. The van der Waals surface area contributed by atoms with Crippen molar-refractivity contribution in [3.05, 3.63) is 43.0 Å². The third-order valence-electron chi connectivity index (χ3n) is 1.49. The molecule has 0 atom stereocenters. The highest BCUT2D eigenvalue weighted by atomic mass is 35.5. The Kier molecular flexibility index (Phi) is 3.45. The average molecular weight is 236 g/mol. The zero-order chi connectivity index (χ0) is 11.4. The van der Waals surface area contributed by atoms with Crippen molar-refractivity contribution in [3.63, 3.8) is 0 Å². The standard InChI is InChI=1S/C6H6ClN3O5/c7-5(10(13)14)3-4(9(11)12)6-8-1-2-15-6/h3,8H,1-2H2. The normalized spacial score (nSPS) is 19.1. The van der Waals surface area contributed by atoms with E-state index in [2.05, 4.69) is 5.32 Å². The number of nitrogens with one attached hydrogen (secondary N) is 1. The Hall–Kier alpha value is -1.83. The van der Waals surface area contributed by atoms with Crippen molar-refractivity contribution in [3.8, 4) is 0 Å². The quantitative estimate of drug-likeness (QED) is 0.431. The second kappa shape index (κ2) is 4.60. The van der Waals surface area contributed by atoms with Crippen LogP contribution >= 0.6 is 11.6 Å². The van der Waals surface area contributed by atoms with Gasteiger partial charge >= 0.3 is 10.9 Å². The van der Waals surface area contributed by atoms with E-state index in [0.717, 1.165) is 0 Å². The maximum absolute atomic E-state index is 10.5. The van der Waals surface area contributed by atoms with Crippen LogP contribution in [0.15, 0.2) is 22.8 Å². The molecule has 0 radical (unpaired) electrons. The molecule has 15 heavy (non-hydrogen) atoms. The molecule has 0 spiro atoms. The lowest BCUT2D eigenvalue weighted by molar-refractivity contribution is -0.429. The third-order valence-corrected chi connectivity index (χ3v) is 1.74. The molecule has 82 valence electrons. The van der Waals surface area contributed by atoms with Crippen LogP contribution in [0.25, 0.3) is 0 Å². The Labute approximate surface area is 88.5 Å². The van der Waals surface area contributed by atoms with Crippen molar-refractivity contribution in [1.29, 1.82) is 0 Å². The lowest BCUT2D eigenvalue weighted by Gasteiger charge is -1.97. The molecular formula is C6H6ClN3O5. The molecule has 1 aliphatic heterocycles. The summed E-state index contributed by atoms with van der Waals surface area (Å²) in [5, 5.41) is 22.4. The van der Waals surface area contributed by atoms with Gasteiger partial charge in [0.15, 0.2) is 0 Å². The molecule has 9 heteroatoms. The summed E-state index contributed by atoms with van der Waals surface area (Å²) in [6.45, 7) is 0.688. The number of hydrogen-bond donors (Lipinski definition) is 1. The van der Waals surface area contributed by atoms with Crippen LogP contribution in [0.4, 0.5) is 0 Å². The van der Waals surface area contributed by atoms with E-state index in [0.29, 0.717) is 12.6 Å². The molecule has 0 aromatic carbocycles. The zero-order valence-electron chi connectivity index (χ0n) is 7.31. The van der Waals surface area contributed by atoms with Crippen LogP contribution in [0.2, 0.25) is 0 Å². The smallest absolute Gasteiger partial charge is 0.344 e. The average Bonchev–Trinajstić information content (AvgIpc) is 2.65. The minimum Gasteiger partial charge on any atom is -0.472 e. The van der Waals surface area contributed by atoms with Gasteiger partial charge in [-0.1, -0.05) is 0 Å². The predicted octanol–water partition coefficient (Wildman–Crippen LogP) is 0.409. The van der Waals surface area contributed by atoms with Crippen LogP contribution in [0.1, 0.15) is 0 Å². The van der Waals surface area contributed by atoms with E-state index < -0.39 is 20.7 Å². The third kappa shape index (κ3) is 2.81. The summed E-state index contributed by atoms with van der Waals surface area (Å²) >= 11 is 5.17. The number of nitro groups is 2. The maximum Gasteiger partial charge on any atom is 0.344 e. The van der Waals surface area contributed by atoms with E-state index in [4.69, 9.17) is 16.3 Å². The van der Waals surface area contributed by atoms with E-state index >= 15 is 0 Å². The minimum atomic E-state index is -0.930. The van der Waals surface area contributed by atoms with Crippen molar-refractivity contribution in [2.75, 3.05) is 13.2 Å².